The molecule has 1 heterocycles. The van der Waals surface area contributed by atoms with Crippen LogP contribution >= 0.6 is 0 Å². The highest BCUT2D eigenvalue weighted by Crippen LogP contribution is 2.29. The van der Waals surface area contributed by atoms with E-state index in [-0.39, 0.29) is 11.6 Å². The van der Waals surface area contributed by atoms with Crippen LogP contribution in [-0.2, 0) is 0 Å². The van der Waals surface area contributed by atoms with Gasteiger partial charge in [-0.3, -0.25) is 4.79 Å². The molecule has 1 unspecified atom stereocenters. The molecular formula is C23H21N3O. The van der Waals surface area contributed by atoms with Crippen LogP contribution in [0.5, 0.6) is 0 Å². The lowest BCUT2D eigenvalue weighted by Gasteiger charge is -2.30. The highest BCUT2D eigenvalue weighted by molar-refractivity contribution is 5.74. The molecule has 134 valence electrons. The lowest BCUT2D eigenvalue weighted by Crippen LogP contribution is -2.31. The zero-order valence-electron chi connectivity index (χ0n) is 15.4. The maximum atomic E-state index is 12.9. The summed E-state index contributed by atoms with van der Waals surface area (Å²) < 4.78 is 0. The van der Waals surface area contributed by atoms with E-state index in [4.69, 9.17) is 4.98 Å². The number of aryl methyl sites for hydroxylation is 1. The first-order valence-electron chi connectivity index (χ1n) is 8.97. The Morgan fingerprint density at radius 2 is 1.56 bits per heavy atom. The third-order valence-electron chi connectivity index (χ3n) is 4.83. The van der Waals surface area contributed by atoms with E-state index in [2.05, 4.69) is 41.1 Å². The number of aromatic nitrogens is 2. The van der Waals surface area contributed by atoms with E-state index in [1.807, 2.05) is 61.6 Å². The van der Waals surface area contributed by atoms with Gasteiger partial charge in [0, 0.05) is 12.7 Å². The van der Waals surface area contributed by atoms with Crippen molar-refractivity contribution in [2.24, 2.45) is 0 Å². The van der Waals surface area contributed by atoms with E-state index in [0.717, 1.165) is 22.3 Å². The first-order valence-corrected chi connectivity index (χ1v) is 8.97. The summed E-state index contributed by atoms with van der Waals surface area (Å²) in [4.78, 5) is 22.7. The number of hydrogen-bond acceptors (Lipinski definition) is 3. The second-order valence-electron chi connectivity index (χ2n) is 6.73. The van der Waals surface area contributed by atoms with Gasteiger partial charge in [-0.1, -0.05) is 60.2 Å². The fourth-order valence-corrected chi connectivity index (χ4v) is 3.36. The van der Waals surface area contributed by atoms with Gasteiger partial charge in [-0.2, -0.15) is 0 Å². The summed E-state index contributed by atoms with van der Waals surface area (Å²) in [5, 5.41) is 0. The molecule has 3 aromatic carbocycles. The molecule has 0 saturated heterocycles. The molecule has 0 aliphatic carbocycles. The van der Waals surface area contributed by atoms with Crippen molar-refractivity contribution in [1.29, 1.82) is 0 Å². The van der Waals surface area contributed by atoms with Gasteiger partial charge in [0.15, 0.2) is 0 Å². The van der Waals surface area contributed by atoms with E-state index in [0.29, 0.717) is 5.69 Å². The fourth-order valence-electron chi connectivity index (χ4n) is 3.36. The molecule has 0 fully saturated rings. The zero-order chi connectivity index (χ0) is 18.8. The lowest BCUT2D eigenvalue weighted by molar-refractivity contribution is 0.745. The number of aromatic amines is 1. The Morgan fingerprint density at radius 1 is 0.889 bits per heavy atom. The third kappa shape index (κ3) is 3.34. The standard InChI is InChI=1S/C23H21N3O/c1-16-12-14-18(15-13-16)26(2)22(17-8-4-3-5-9-17)21-23(27)25-20-11-7-6-10-19(20)24-21/h3-15,22H,1-2H3,(H,25,27). The van der Waals surface area contributed by atoms with Crippen molar-refractivity contribution in [3.05, 3.63) is 106 Å². The summed E-state index contributed by atoms with van der Waals surface area (Å²) in [5.41, 5.74) is 5.11. The number of hydrogen-bond donors (Lipinski definition) is 1. The number of fused-ring (bicyclic) bond motifs is 1. The summed E-state index contributed by atoms with van der Waals surface area (Å²) in [6.07, 6.45) is 0. The van der Waals surface area contributed by atoms with Crippen molar-refractivity contribution >= 4 is 16.7 Å². The Labute approximate surface area is 158 Å². The van der Waals surface area contributed by atoms with Gasteiger partial charge in [0.25, 0.3) is 5.56 Å². The van der Waals surface area contributed by atoms with Crippen molar-refractivity contribution in [3.63, 3.8) is 0 Å². The van der Waals surface area contributed by atoms with Crippen molar-refractivity contribution < 1.29 is 0 Å². The molecule has 1 N–H and O–H groups in total. The van der Waals surface area contributed by atoms with Crippen molar-refractivity contribution in [2.45, 2.75) is 13.0 Å². The fraction of sp³-hybridized carbons (Fsp3) is 0.130. The summed E-state index contributed by atoms with van der Waals surface area (Å²) in [7, 11) is 2.00. The molecule has 4 heteroatoms. The Bertz CT molecular complexity index is 1120. The number of anilines is 1. The van der Waals surface area contributed by atoms with Gasteiger partial charge in [-0.05, 0) is 36.8 Å². The molecule has 1 aromatic heterocycles. The molecule has 0 bridgehead atoms. The molecule has 4 aromatic rings. The van der Waals surface area contributed by atoms with Gasteiger partial charge < -0.3 is 9.88 Å². The molecule has 0 aliphatic rings. The predicted octanol–water partition coefficient (Wildman–Crippen LogP) is 4.46. The van der Waals surface area contributed by atoms with Crippen molar-refractivity contribution in [2.75, 3.05) is 11.9 Å². The van der Waals surface area contributed by atoms with Crippen LogP contribution in [0.3, 0.4) is 0 Å². The highest BCUT2D eigenvalue weighted by Gasteiger charge is 2.24. The second-order valence-corrected chi connectivity index (χ2v) is 6.73. The number of para-hydroxylation sites is 2. The van der Waals surface area contributed by atoms with Crippen LogP contribution < -0.4 is 10.5 Å². The minimum absolute atomic E-state index is 0.165. The van der Waals surface area contributed by atoms with E-state index < -0.39 is 0 Å². The average Bonchev–Trinajstić information content (AvgIpc) is 2.70. The Kier molecular flexibility index (Phi) is 4.47. The van der Waals surface area contributed by atoms with Crippen LogP contribution in [-0.4, -0.2) is 17.0 Å². The van der Waals surface area contributed by atoms with E-state index in [1.54, 1.807) is 0 Å². The molecule has 4 nitrogen and oxygen atoms in total. The first kappa shape index (κ1) is 17.0. The Morgan fingerprint density at radius 3 is 2.30 bits per heavy atom. The van der Waals surface area contributed by atoms with Crippen molar-refractivity contribution in [1.82, 2.24) is 9.97 Å². The second kappa shape index (κ2) is 7.08. The molecule has 0 amide bonds. The SMILES string of the molecule is Cc1ccc(N(C)C(c2ccccc2)c2nc3ccccc3[nH]c2=O)cc1. The molecule has 0 aliphatic heterocycles. The van der Waals surface area contributed by atoms with E-state index in [1.165, 1.54) is 5.56 Å². The summed E-state index contributed by atoms with van der Waals surface area (Å²) >= 11 is 0. The van der Waals surface area contributed by atoms with Gasteiger partial charge >= 0.3 is 0 Å². The summed E-state index contributed by atoms with van der Waals surface area (Å²) in [5.74, 6) is 0. The zero-order valence-corrected chi connectivity index (χ0v) is 15.4. The Balaban J connectivity index is 1.90. The van der Waals surface area contributed by atoms with Gasteiger partial charge in [0.05, 0.1) is 11.0 Å². The van der Waals surface area contributed by atoms with Crippen LogP contribution in [0.1, 0.15) is 22.9 Å². The monoisotopic (exact) mass is 355 g/mol. The van der Waals surface area contributed by atoms with Crippen LogP contribution in [0, 0.1) is 6.92 Å². The Hall–Kier alpha value is -3.40. The number of benzene rings is 3. The van der Waals surface area contributed by atoms with E-state index in [9.17, 15) is 4.79 Å². The van der Waals surface area contributed by atoms with Crippen molar-refractivity contribution in [3.8, 4) is 0 Å². The molecule has 0 radical (unpaired) electrons. The van der Waals surface area contributed by atoms with E-state index >= 15 is 0 Å². The van der Waals surface area contributed by atoms with Gasteiger partial charge in [0.1, 0.15) is 11.7 Å². The maximum absolute atomic E-state index is 12.9. The van der Waals surface area contributed by atoms with Crippen LogP contribution in [0.2, 0.25) is 0 Å². The number of rotatable bonds is 4. The minimum atomic E-state index is -0.290. The molecule has 4 rings (SSSR count). The number of H-pyrrole nitrogens is 1. The van der Waals surface area contributed by atoms with Gasteiger partial charge in [-0.15, -0.1) is 0 Å². The first-order chi connectivity index (χ1) is 13.1. The number of nitrogens with one attached hydrogen (secondary N) is 1. The average molecular weight is 355 g/mol. The summed E-state index contributed by atoms with van der Waals surface area (Å²) in [6.45, 7) is 2.06. The molecule has 27 heavy (non-hydrogen) atoms. The molecular weight excluding hydrogens is 334 g/mol. The molecule has 0 saturated carbocycles. The molecule has 1 atom stereocenters. The van der Waals surface area contributed by atoms with Crippen LogP contribution in [0.25, 0.3) is 11.0 Å². The third-order valence-corrected chi connectivity index (χ3v) is 4.83. The smallest absolute Gasteiger partial charge is 0.272 e. The maximum Gasteiger partial charge on any atom is 0.272 e. The minimum Gasteiger partial charge on any atom is -0.362 e. The lowest BCUT2D eigenvalue weighted by atomic mass is 10.0. The van der Waals surface area contributed by atoms with Crippen LogP contribution in [0.15, 0.2) is 83.7 Å². The largest absolute Gasteiger partial charge is 0.362 e. The topological polar surface area (TPSA) is 49.0 Å². The van der Waals surface area contributed by atoms with Crippen LogP contribution in [0.4, 0.5) is 5.69 Å². The molecule has 0 spiro atoms. The number of nitrogens with zero attached hydrogens (tertiary/aromatic N) is 2. The normalized spacial score (nSPS) is 12.1. The van der Waals surface area contributed by atoms with Gasteiger partial charge in [-0.25, -0.2) is 4.98 Å². The predicted molar refractivity (Wildman–Crippen MR) is 110 cm³/mol. The quantitative estimate of drug-likeness (QED) is 0.588. The van der Waals surface area contributed by atoms with Gasteiger partial charge in [0.2, 0.25) is 0 Å². The summed E-state index contributed by atoms with van der Waals surface area (Å²) in [6, 6.07) is 25.6. The highest BCUT2D eigenvalue weighted by atomic mass is 16.1.